The topological polar surface area (TPSA) is 46.3 Å². The summed E-state index contributed by atoms with van der Waals surface area (Å²) in [6.07, 6.45) is 1.75. The maximum atomic E-state index is 13.5. The summed E-state index contributed by atoms with van der Waals surface area (Å²) >= 11 is 3.50. The molecule has 0 aliphatic carbocycles. The van der Waals surface area contributed by atoms with Crippen molar-refractivity contribution in [1.29, 1.82) is 0 Å². The van der Waals surface area contributed by atoms with Crippen molar-refractivity contribution in [2.45, 2.75) is 25.3 Å². The largest absolute Gasteiger partial charge is 0.440 e. The zero-order valence-corrected chi connectivity index (χ0v) is 20.7. The molecule has 0 saturated carbocycles. The highest BCUT2D eigenvalue weighted by molar-refractivity contribution is 7.10. The Kier molecular flexibility index (Phi) is 6.06. The number of carbonyl (C=O) groups excluding carboxylic acids is 1. The maximum Gasteiger partial charge on any atom is 0.223 e. The van der Waals surface area contributed by atoms with Crippen LogP contribution in [0, 0.1) is 0 Å². The second-order valence-electron chi connectivity index (χ2n) is 8.57. The first-order chi connectivity index (χ1) is 17.3. The number of benzene rings is 2. The molecule has 3 aromatic heterocycles. The number of hydrogen-bond acceptors (Lipinski definition) is 5. The van der Waals surface area contributed by atoms with Gasteiger partial charge in [-0.05, 0) is 34.9 Å². The van der Waals surface area contributed by atoms with Crippen LogP contribution >= 0.6 is 22.7 Å². The number of fused-ring (bicyclic) bond motifs is 1. The maximum absolute atomic E-state index is 13.5. The summed E-state index contributed by atoms with van der Waals surface area (Å²) in [6.45, 7) is 0.741. The van der Waals surface area contributed by atoms with Crippen molar-refractivity contribution in [2.75, 3.05) is 6.54 Å². The average Bonchev–Trinajstić information content (AvgIpc) is 3.68. The van der Waals surface area contributed by atoms with Gasteiger partial charge in [-0.3, -0.25) is 4.79 Å². The van der Waals surface area contributed by atoms with Crippen LogP contribution in [0.5, 0.6) is 0 Å². The van der Waals surface area contributed by atoms with Crippen LogP contribution in [-0.2, 0) is 17.6 Å². The van der Waals surface area contributed by atoms with E-state index in [1.54, 1.807) is 22.7 Å². The lowest BCUT2D eigenvalue weighted by atomic mass is 9.98. The van der Waals surface area contributed by atoms with Gasteiger partial charge < -0.3 is 9.32 Å². The predicted octanol–water partition coefficient (Wildman–Crippen LogP) is 7.24. The first-order valence-electron chi connectivity index (χ1n) is 11.8. The van der Waals surface area contributed by atoms with E-state index in [2.05, 4.69) is 29.0 Å². The summed E-state index contributed by atoms with van der Waals surface area (Å²) in [6, 6.07) is 26.5. The Balaban J connectivity index is 1.26. The molecule has 0 radical (unpaired) electrons. The van der Waals surface area contributed by atoms with Crippen molar-refractivity contribution in [2.24, 2.45) is 0 Å². The second kappa shape index (κ2) is 9.64. The van der Waals surface area contributed by atoms with Crippen LogP contribution < -0.4 is 0 Å². The minimum absolute atomic E-state index is 0.00168. The standard InChI is InChI=1S/C29H24N2O2S2/c32-26(31-17-15-23-22(16-19-35-23)28(31)24-12-7-18-34-24)14-13-25-30-27(20-8-3-1-4-9-20)29(33-25)21-10-5-2-6-11-21/h1-12,16,18-19,28H,13-15,17H2. The summed E-state index contributed by atoms with van der Waals surface area (Å²) in [5.74, 6) is 1.48. The Bertz CT molecular complexity index is 1370. The normalized spacial score (nSPS) is 15.2. The Morgan fingerprint density at radius 2 is 1.69 bits per heavy atom. The number of thiophene rings is 2. The Morgan fingerprint density at radius 1 is 0.914 bits per heavy atom. The van der Waals surface area contributed by atoms with Crippen molar-refractivity contribution in [3.8, 4) is 22.6 Å². The predicted molar refractivity (Wildman–Crippen MR) is 142 cm³/mol. The van der Waals surface area contributed by atoms with E-state index in [1.807, 2.05) is 65.6 Å². The third kappa shape index (κ3) is 4.35. The molecule has 0 fully saturated rings. The van der Waals surface area contributed by atoms with E-state index < -0.39 is 0 Å². The monoisotopic (exact) mass is 496 g/mol. The summed E-state index contributed by atoms with van der Waals surface area (Å²) in [4.78, 5) is 23.0. The van der Waals surface area contributed by atoms with E-state index in [1.165, 1.54) is 15.3 Å². The summed E-state index contributed by atoms with van der Waals surface area (Å²) in [5.41, 5.74) is 4.07. The summed E-state index contributed by atoms with van der Waals surface area (Å²) in [5, 5.41) is 4.23. The smallest absolute Gasteiger partial charge is 0.223 e. The van der Waals surface area contributed by atoms with Gasteiger partial charge in [0.25, 0.3) is 0 Å². The first-order valence-corrected chi connectivity index (χ1v) is 13.5. The molecule has 2 aromatic carbocycles. The third-order valence-corrected chi connectivity index (χ3v) is 8.33. The Hall–Kier alpha value is -3.48. The number of aromatic nitrogens is 1. The fourth-order valence-corrected chi connectivity index (χ4v) is 6.50. The van der Waals surface area contributed by atoms with E-state index in [9.17, 15) is 4.79 Å². The molecule has 1 amide bonds. The summed E-state index contributed by atoms with van der Waals surface area (Å²) in [7, 11) is 0. The number of amides is 1. The molecule has 1 atom stereocenters. The molecule has 4 heterocycles. The van der Waals surface area contributed by atoms with Crippen molar-refractivity contribution in [1.82, 2.24) is 9.88 Å². The summed E-state index contributed by atoms with van der Waals surface area (Å²) < 4.78 is 6.26. The molecule has 6 heteroatoms. The molecular weight excluding hydrogens is 472 g/mol. The van der Waals surface area contributed by atoms with Gasteiger partial charge in [-0.1, -0.05) is 66.7 Å². The Morgan fingerprint density at radius 3 is 2.43 bits per heavy atom. The zero-order chi connectivity index (χ0) is 23.6. The van der Waals surface area contributed by atoms with Gasteiger partial charge in [0.05, 0.1) is 6.04 Å². The van der Waals surface area contributed by atoms with Gasteiger partial charge >= 0.3 is 0 Å². The lowest BCUT2D eigenvalue weighted by Gasteiger charge is -2.35. The molecule has 35 heavy (non-hydrogen) atoms. The number of hydrogen-bond donors (Lipinski definition) is 0. The van der Waals surface area contributed by atoms with Crippen molar-refractivity contribution < 1.29 is 9.21 Å². The molecular formula is C29H24N2O2S2. The number of carbonyl (C=O) groups is 1. The van der Waals surface area contributed by atoms with Gasteiger partial charge in [0.15, 0.2) is 11.7 Å². The third-order valence-electron chi connectivity index (χ3n) is 6.41. The van der Waals surface area contributed by atoms with Crippen molar-refractivity contribution >= 4 is 28.6 Å². The van der Waals surface area contributed by atoms with Crippen LogP contribution in [0.4, 0.5) is 0 Å². The first kappa shape index (κ1) is 22.0. The zero-order valence-electron chi connectivity index (χ0n) is 19.1. The fraction of sp³-hybridized carbons (Fsp3) is 0.172. The van der Waals surface area contributed by atoms with Crippen LogP contribution in [0.3, 0.4) is 0 Å². The number of rotatable bonds is 6. The highest BCUT2D eigenvalue weighted by atomic mass is 32.1. The van der Waals surface area contributed by atoms with Crippen molar-refractivity contribution in [3.05, 3.63) is 111 Å². The van der Waals surface area contributed by atoms with Crippen LogP contribution in [0.1, 0.15) is 33.7 Å². The van der Waals surface area contributed by atoms with Gasteiger partial charge in [0.2, 0.25) is 5.91 Å². The molecule has 0 N–H and O–H groups in total. The number of aryl methyl sites for hydroxylation is 1. The van der Waals surface area contributed by atoms with Crippen LogP contribution in [-0.4, -0.2) is 22.3 Å². The van der Waals surface area contributed by atoms with E-state index >= 15 is 0 Å². The van der Waals surface area contributed by atoms with E-state index in [4.69, 9.17) is 9.40 Å². The van der Waals surface area contributed by atoms with Gasteiger partial charge in [0, 0.05) is 40.3 Å². The van der Waals surface area contributed by atoms with Crippen LogP contribution in [0.15, 0.2) is 94.0 Å². The average molecular weight is 497 g/mol. The Labute approximate surface area is 212 Å². The molecule has 1 unspecified atom stereocenters. The minimum atomic E-state index is 0.00168. The highest BCUT2D eigenvalue weighted by Crippen LogP contribution is 2.40. The van der Waals surface area contributed by atoms with E-state index in [-0.39, 0.29) is 11.9 Å². The number of oxazole rings is 1. The second-order valence-corrected chi connectivity index (χ2v) is 10.6. The number of nitrogens with zero attached hydrogens (tertiary/aromatic N) is 2. The van der Waals surface area contributed by atoms with Crippen LogP contribution in [0.25, 0.3) is 22.6 Å². The van der Waals surface area contributed by atoms with Gasteiger partial charge in [-0.2, -0.15) is 0 Å². The van der Waals surface area contributed by atoms with Crippen LogP contribution in [0.2, 0.25) is 0 Å². The quantitative estimate of drug-likeness (QED) is 0.249. The van der Waals surface area contributed by atoms with Gasteiger partial charge in [0.1, 0.15) is 5.69 Å². The van der Waals surface area contributed by atoms with E-state index in [0.717, 1.165) is 35.5 Å². The minimum Gasteiger partial charge on any atom is -0.440 e. The molecule has 4 nitrogen and oxygen atoms in total. The lowest BCUT2D eigenvalue weighted by Crippen LogP contribution is -2.39. The molecule has 6 rings (SSSR count). The molecule has 0 spiro atoms. The molecule has 174 valence electrons. The fourth-order valence-electron chi connectivity index (χ4n) is 4.74. The van der Waals surface area contributed by atoms with Crippen molar-refractivity contribution in [3.63, 3.8) is 0 Å². The van der Waals surface area contributed by atoms with Gasteiger partial charge in [-0.25, -0.2) is 4.98 Å². The molecule has 1 aliphatic heterocycles. The molecule has 0 saturated heterocycles. The molecule has 0 bridgehead atoms. The SMILES string of the molecule is O=C(CCc1nc(-c2ccccc2)c(-c2ccccc2)o1)N1CCc2sccc2C1c1cccs1. The highest BCUT2D eigenvalue weighted by Gasteiger charge is 2.33. The molecule has 1 aliphatic rings. The molecule has 5 aromatic rings. The van der Waals surface area contributed by atoms with Gasteiger partial charge in [-0.15, -0.1) is 22.7 Å². The lowest BCUT2D eigenvalue weighted by molar-refractivity contribution is -0.133. The van der Waals surface area contributed by atoms with E-state index in [0.29, 0.717) is 18.7 Å².